The number of amidine groups is 1. The minimum Gasteiger partial charge on any atom is -0.490 e. The lowest BCUT2D eigenvalue weighted by Gasteiger charge is -2.25. The number of oxime groups is 1. The molecule has 0 amide bonds. The Morgan fingerprint density at radius 1 is 1.63 bits per heavy atom. The standard InChI is InChI=1S/C13H20N4O2/c1-2-19-11-4-3-8-15-13(11)17(10-5-6-10)9-7-12(14)16-18/h3-4,8,10,18H,2,5-7,9H2,1H3,(H2,14,16). The second-order valence-electron chi connectivity index (χ2n) is 4.52. The van der Waals surface area contributed by atoms with Gasteiger partial charge in [-0.25, -0.2) is 4.98 Å². The van der Waals surface area contributed by atoms with Crippen molar-refractivity contribution in [1.29, 1.82) is 0 Å². The second kappa shape index (κ2) is 6.26. The van der Waals surface area contributed by atoms with Crippen molar-refractivity contribution in [3.8, 4) is 5.75 Å². The quantitative estimate of drug-likeness (QED) is 0.338. The van der Waals surface area contributed by atoms with Gasteiger partial charge in [0.2, 0.25) is 0 Å². The first-order valence-electron chi connectivity index (χ1n) is 6.57. The number of aromatic nitrogens is 1. The van der Waals surface area contributed by atoms with Crippen LogP contribution in [0.1, 0.15) is 26.2 Å². The number of hydrogen-bond donors (Lipinski definition) is 2. The van der Waals surface area contributed by atoms with Gasteiger partial charge in [0, 0.05) is 25.2 Å². The fourth-order valence-electron chi connectivity index (χ4n) is 2.00. The second-order valence-corrected chi connectivity index (χ2v) is 4.52. The summed E-state index contributed by atoms with van der Waals surface area (Å²) >= 11 is 0. The highest BCUT2D eigenvalue weighted by Gasteiger charge is 2.31. The molecule has 0 spiro atoms. The first-order chi connectivity index (χ1) is 9.26. The van der Waals surface area contributed by atoms with Crippen molar-refractivity contribution in [2.45, 2.75) is 32.2 Å². The highest BCUT2D eigenvalue weighted by molar-refractivity contribution is 5.80. The molecule has 0 saturated heterocycles. The minimum atomic E-state index is 0.236. The van der Waals surface area contributed by atoms with E-state index < -0.39 is 0 Å². The van der Waals surface area contributed by atoms with Crippen LogP contribution >= 0.6 is 0 Å². The van der Waals surface area contributed by atoms with Crippen molar-refractivity contribution in [3.05, 3.63) is 18.3 Å². The Morgan fingerprint density at radius 2 is 2.42 bits per heavy atom. The highest BCUT2D eigenvalue weighted by Crippen LogP contribution is 2.35. The molecule has 0 atom stereocenters. The van der Waals surface area contributed by atoms with Crippen LogP contribution in [-0.4, -0.2) is 35.2 Å². The fraction of sp³-hybridized carbons (Fsp3) is 0.538. The van der Waals surface area contributed by atoms with Crippen molar-refractivity contribution >= 4 is 11.7 Å². The molecule has 1 aromatic heterocycles. The summed E-state index contributed by atoms with van der Waals surface area (Å²) in [5.74, 6) is 1.87. The molecule has 0 radical (unpaired) electrons. The number of hydrogen-bond acceptors (Lipinski definition) is 5. The van der Waals surface area contributed by atoms with E-state index in [1.54, 1.807) is 6.20 Å². The average Bonchev–Trinajstić information content (AvgIpc) is 3.25. The molecule has 2 rings (SSSR count). The molecular formula is C13H20N4O2. The predicted octanol–water partition coefficient (Wildman–Crippen LogP) is 1.59. The summed E-state index contributed by atoms with van der Waals surface area (Å²) in [4.78, 5) is 6.60. The summed E-state index contributed by atoms with van der Waals surface area (Å²) in [6.45, 7) is 3.24. The highest BCUT2D eigenvalue weighted by atomic mass is 16.5. The van der Waals surface area contributed by atoms with Crippen molar-refractivity contribution in [2.24, 2.45) is 10.9 Å². The molecule has 19 heavy (non-hydrogen) atoms. The zero-order valence-electron chi connectivity index (χ0n) is 11.1. The van der Waals surface area contributed by atoms with Crippen molar-refractivity contribution < 1.29 is 9.94 Å². The lowest BCUT2D eigenvalue weighted by molar-refractivity contribution is 0.317. The van der Waals surface area contributed by atoms with Crippen molar-refractivity contribution in [3.63, 3.8) is 0 Å². The summed E-state index contributed by atoms with van der Waals surface area (Å²) in [7, 11) is 0. The van der Waals surface area contributed by atoms with Crippen LogP contribution in [-0.2, 0) is 0 Å². The van der Waals surface area contributed by atoms with Gasteiger partial charge >= 0.3 is 0 Å². The predicted molar refractivity (Wildman–Crippen MR) is 73.8 cm³/mol. The molecule has 1 aromatic rings. The third-order valence-electron chi connectivity index (χ3n) is 3.05. The van der Waals surface area contributed by atoms with Gasteiger partial charge in [-0.15, -0.1) is 0 Å². The van der Waals surface area contributed by atoms with E-state index in [9.17, 15) is 0 Å². The van der Waals surface area contributed by atoms with E-state index in [2.05, 4.69) is 15.0 Å². The average molecular weight is 264 g/mol. The number of nitrogens with zero attached hydrogens (tertiary/aromatic N) is 3. The van der Waals surface area contributed by atoms with Crippen LogP contribution in [0.5, 0.6) is 5.75 Å². The van der Waals surface area contributed by atoms with E-state index in [0.29, 0.717) is 25.6 Å². The first-order valence-corrected chi connectivity index (χ1v) is 6.57. The van der Waals surface area contributed by atoms with E-state index in [1.807, 2.05) is 19.1 Å². The molecule has 3 N–H and O–H groups in total. The van der Waals surface area contributed by atoms with E-state index >= 15 is 0 Å². The van der Waals surface area contributed by atoms with Gasteiger partial charge in [0.25, 0.3) is 0 Å². The lowest BCUT2D eigenvalue weighted by Crippen LogP contribution is -2.31. The number of anilines is 1. The largest absolute Gasteiger partial charge is 0.490 e. The monoisotopic (exact) mass is 264 g/mol. The molecule has 1 fully saturated rings. The molecule has 104 valence electrons. The zero-order chi connectivity index (χ0) is 13.7. The third-order valence-corrected chi connectivity index (χ3v) is 3.05. The summed E-state index contributed by atoms with van der Waals surface area (Å²) < 4.78 is 5.61. The normalized spacial score (nSPS) is 15.3. The molecule has 0 bridgehead atoms. The molecule has 0 aliphatic heterocycles. The Bertz CT molecular complexity index is 446. The summed E-state index contributed by atoms with van der Waals surface area (Å²) in [6.07, 6.45) is 4.57. The van der Waals surface area contributed by atoms with E-state index in [-0.39, 0.29) is 5.84 Å². The van der Waals surface area contributed by atoms with Crippen molar-refractivity contribution in [2.75, 3.05) is 18.1 Å². The maximum absolute atomic E-state index is 8.62. The summed E-state index contributed by atoms with van der Waals surface area (Å²) in [5, 5.41) is 11.6. The minimum absolute atomic E-state index is 0.236. The molecule has 1 saturated carbocycles. The van der Waals surface area contributed by atoms with Crippen LogP contribution in [0.15, 0.2) is 23.5 Å². The number of ether oxygens (including phenoxy) is 1. The van der Waals surface area contributed by atoms with Crippen LogP contribution in [0.3, 0.4) is 0 Å². The van der Waals surface area contributed by atoms with Crippen LogP contribution in [0.4, 0.5) is 5.82 Å². The van der Waals surface area contributed by atoms with Gasteiger partial charge in [0.1, 0.15) is 5.84 Å². The van der Waals surface area contributed by atoms with Gasteiger partial charge in [0.15, 0.2) is 11.6 Å². The van der Waals surface area contributed by atoms with Crippen LogP contribution in [0.2, 0.25) is 0 Å². The SMILES string of the molecule is CCOc1cccnc1N(CC/C(N)=N/O)C1CC1. The summed E-state index contributed by atoms with van der Waals surface area (Å²) in [6, 6.07) is 4.27. The maximum Gasteiger partial charge on any atom is 0.171 e. The van der Waals surface area contributed by atoms with Crippen LogP contribution in [0, 0.1) is 0 Å². The molecule has 6 nitrogen and oxygen atoms in total. The Labute approximate surface area is 112 Å². The van der Waals surface area contributed by atoms with Gasteiger partial charge in [-0.3, -0.25) is 0 Å². The molecule has 1 heterocycles. The third kappa shape index (κ3) is 3.49. The van der Waals surface area contributed by atoms with E-state index in [0.717, 1.165) is 24.4 Å². The topological polar surface area (TPSA) is 84.0 Å². The van der Waals surface area contributed by atoms with Gasteiger partial charge in [0.05, 0.1) is 6.61 Å². The van der Waals surface area contributed by atoms with E-state index in [1.165, 1.54) is 0 Å². The van der Waals surface area contributed by atoms with Crippen LogP contribution in [0.25, 0.3) is 0 Å². The maximum atomic E-state index is 8.62. The smallest absolute Gasteiger partial charge is 0.171 e. The first kappa shape index (κ1) is 13.5. The molecule has 0 aromatic carbocycles. The number of rotatable bonds is 7. The Morgan fingerprint density at radius 3 is 3.05 bits per heavy atom. The molecule has 1 aliphatic rings. The van der Waals surface area contributed by atoms with Gasteiger partial charge in [-0.05, 0) is 31.9 Å². The Balaban J connectivity index is 2.14. The molecular weight excluding hydrogens is 244 g/mol. The molecule has 0 unspecified atom stereocenters. The molecule has 6 heteroatoms. The Kier molecular flexibility index (Phi) is 4.43. The van der Waals surface area contributed by atoms with E-state index in [4.69, 9.17) is 15.7 Å². The lowest BCUT2D eigenvalue weighted by atomic mass is 10.3. The van der Waals surface area contributed by atoms with Crippen LogP contribution < -0.4 is 15.4 Å². The fourth-order valence-corrected chi connectivity index (χ4v) is 2.00. The Hall–Kier alpha value is -1.98. The van der Waals surface area contributed by atoms with Crippen molar-refractivity contribution in [1.82, 2.24) is 4.98 Å². The van der Waals surface area contributed by atoms with Gasteiger partial charge in [-0.1, -0.05) is 5.16 Å². The zero-order valence-corrected chi connectivity index (χ0v) is 11.1. The van der Waals surface area contributed by atoms with Gasteiger partial charge in [-0.2, -0.15) is 0 Å². The number of nitrogens with two attached hydrogens (primary N) is 1. The number of pyridine rings is 1. The van der Waals surface area contributed by atoms with Gasteiger partial charge < -0.3 is 20.6 Å². The summed E-state index contributed by atoms with van der Waals surface area (Å²) in [5.41, 5.74) is 5.54. The molecule has 1 aliphatic carbocycles.